The molecule has 0 aliphatic heterocycles. The maximum absolute atomic E-state index is 5.81. The van der Waals surface area contributed by atoms with Crippen LogP contribution in [-0.2, 0) is 0 Å². The van der Waals surface area contributed by atoms with Crippen LogP contribution in [0.1, 0.15) is 68.0 Å². The molecule has 0 bridgehead atoms. The van der Waals surface area contributed by atoms with Crippen molar-refractivity contribution < 1.29 is 8.83 Å². The molecule has 0 unspecified atom stereocenters. The third kappa shape index (κ3) is 3.76. The van der Waals surface area contributed by atoms with E-state index in [1.165, 1.54) is 25.7 Å². The summed E-state index contributed by atoms with van der Waals surface area (Å²) in [5.74, 6) is 4.26. The molecule has 0 aliphatic rings. The van der Waals surface area contributed by atoms with E-state index in [2.05, 4.69) is 19.1 Å². The van der Waals surface area contributed by atoms with Crippen molar-refractivity contribution in [3.05, 3.63) is 47.3 Å². The van der Waals surface area contributed by atoms with Gasteiger partial charge >= 0.3 is 0 Å². The fraction of sp³-hybridized carbons (Fsp3) is 0.529. The summed E-state index contributed by atoms with van der Waals surface area (Å²) in [6.45, 7) is 6.22. The summed E-state index contributed by atoms with van der Waals surface area (Å²) in [4.78, 5) is 0. The molecule has 0 aromatic carbocycles. The fourth-order valence-corrected chi connectivity index (χ4v) is 2.48. The molecule has 0 saturated carbocycles. The van der Waals surface area contributed by atoms with E-state index >= 15 is 0 Å². The van der Waals surface area contributed by atoms with Crippen molar-refractivity contribution in [1.29, 1.82) is 0 Å². The molecule has 19 heavy (non-hydrogen) atoms. The lowest BCUT2D eigenvalue weighted by atomic mass is 9.96. The highest BCUT2D eigenvalue weighted by molar-refractivity contribution is 5.22. The maximum atomic E-state index is 5.81. The summed E-state index contributed by atoms with van der Waals surface area (Å²) in [6.07, 6.45) is 6.18. The molecule has 104 valence electrons. The second-order valence-corrected chi connectivity index (χ2v) is 5.30. The van der Waals surface area contributed by atoms with E-state index in [-0.39, 0.29) is 5.92 Å². The zero-order valence-electron chi connectivity index (χ0n) is 12.2. The Kier molecular flexibility index (Phi) is 4.89. The predicted octanol–water partition coefficient (Wildman–Crippen LogP) is 5.59. The number of unbranched alkanes of at least 4 members (excludes halogenated alkanes) is 3. The van der Waals surface area contributed by atoms with Gasteiger partial charge in [0.2, 0.25) is 0 Å². The van der Waals surface area contributed by atoms with Crippen LogP contribution < -0.4 is 0 Å². The molecule has 0 saturated heterocycles. The van der Waals surface area contributed by atoms with Crippen molar-refractivity contribution in [1.82, 2.24) is 0 Å². The molecule has 0 amide bonds. The zero-order valence-corrected chi connectivity index (χ0v) is 12.2. The molecular weight excluding hydrogens is 236 g/mol. The molecule has 0 atom stereocenters. The van der Waals surface area contributed by atoms with E-state index in [0.717, 1.165) is 29.5 Å². The first-order chi connectivity index (χ1) is 9.20. The van der Waals surface area contributed by atoms with Crippen LogP contribution >= 0.6 is 0 Å². The minimum atomic E-state index is 0.263. The molecule has 2 aromatic rings. The highest BCUT2D eigenvalue weighted by Gasteiger charge is 2.20. The molecule has 2 heterocycles. The molecule has 0 spiro atoms. The van der Waals surface area contributed by atoms with Crippen LogP contribution in [-0.4, -0.2) is 0 Å². The molecule has 2 heteroatoms. The van der Waals surface area contributed by atoms with Crippen LogP contribution in [0, 0.1) is 13.8 Å². The molecule has 2 rings (SSSR count). The average molecular weight is 260 g/mol. The molecule has 0 aliphatic carbocycles. The van der Waals surface area contributed by atoms with Crippen molar-refractivity contribution in [2.45, 2.75) is 58.8 Å². The Hall–Kier alpha value is -1.44. The molecular formula is C17H24O2. The molecule has 0 fully saturated rings. The van der Waals surface area contributed by atoms with Gasteiger partial charge in [-0.1, -0.05) is 32.6 Å². The Labute approximate surface area is 115 Å². The minimum Gasteiger partial charge on any atom is -0.466 e. The Morgan fingerprint density at radius 2 is 1.42 bits per heavy atom. The van der Waals surface area contributed by atoms with Gasteiger partial charge in [-0.3, -0.25) is 0 Å². The minimum absolute atomic E-state index is 0.263. The number of hydrogen-bond acceptors (Lipinski definition) is 2. The van der Waals surface area contributed by atoms with Crippen molar-refractivity contribution in [3.63, 3.8) is 0 Å². The lowest BCUT2D eigenvalue weighted by Gasteiger charge is -2.12. The van der Waals surface area contributed by atoms with Gasteiger partial charge in [-0.2, -0.15) is 0 Å². The Bertz CT molecular complexity index is 453. The summed E-state index contributed by atoms with van der Waals surface area (Å²) in [7, 11) is 0. The largest absolute Gasteiger partial charge is 0.466 e. The smallest absolute Gasteiger partial charge is 0.114 e. The second kappa shape index (κ2) is 6.65. The van der Waals surface area contributed by atoms with Crippen LogP contribution in [0.5, 0.6) is 0 Å². The topological polar surface area (TPSA) is 26.3 Å². The highest BCUT2D eigenvalue weighted by atomic mass is 16.4. The van der Waals surface area contributed by atoms with Crippen LogP contribution in [0.4, 0.5) is 0 Å². The number of furan rings is 2. The maximum Gasteiger partial charge on any atom is 0.114 e. The van der Waals surface area contributed by atoms with Crippen molar-refractivity contribution in [2.75, 3.05) is 0 Å². The van der Waals surface area contributed by atoms with Crippen molar-refractivity contribution >= 4 is 0 Å². The normalized spacial score (nSPS) is 11.4. The lowest BCUT2D eigenvalue weighted by molar-refractivity contribution is 0.390. The quantitative estimate of drug-likeness (QED) is 0.606. The van der Waals surface area contributed by atoms with Crippen LogP contribution in [0.3, 0.4) is 0 Å². The summed E-state index contributed by atoms with van der Waals surface area (Å²) in [5, 5.41) is 0. The predicted molar refractivity (Wildman–Crippen MR) is 77.5 cm³/mol. The number of rotatable bonds is 7. The van der Waals surface area contributed by atoms with Gasteiger partial charge in [-0.05, 0) is 44.5 Å². The Morgan fingerprint density at radius 3 is 1.84 bits per heavy atom. The second-order valence-electron chi connectivity index (χ2n) is 5.30. The summed E-state index contributed by atoms with van der Waals surface area (Å²) in [5.41, 5.74) is 0. The summed E-state index contributed by atoms with van der Waals surface area (Å²) in [6, 6.07) is 8.23. The van der Waals surface area contributed by atoms with Gasteiger partial charge in [0, 0.05) is 0 Å². The first-order valence-electron chi connectivity index (χ1n) is 7.33. The fourth-order valence-electron chi connectivity index (χ4n) is 2.48. The van der Waals surface area contributed by atoms with E-state index < -0.39 is 0 Å². The van der Waals surface area contributed by atoms with Crippen LogP contribution in [0.2, 0.25) is 0 Å². The molecule has 2 nitrogen and oxygen atoms in total. The van der Waals surface area contributed by atoms with E-state index in [1.54, 1.807) is 0 Å². The molecule has 0 N–H and O–H groups in total. The molecule has 0 radical (unpaired) electrons. The third-order valence-corrected chi connectivity index (χ3v) is 3.56. The third-order valence-electron chi connectivity index (χ3n) is 3.56. The molecule has 2 aromatic heterocycles. The van der Waals surface area contributed by atoms with Gasteiger partial charge in [0.15, 0.2) is 0 Å². The van der Waals surface area contributed by atoms with Gasteiger partial charge < -0.3 is 8.83 Å². The lowest BCUT2D eigenvalue weighted by Crippen LogP contribution is -1.99. The van der Waals surface area contributed by atoms with Gasteiger partial charge in [-0.15, -0.1) is 0 Å². The van der Waals surface area contributed by atoms with E-state index in [4.69, 9.17) is 8.83 Å². The first kappa shape index (κ1) is 14.0. The van der Waals surface area contributed by atoms with Gasteiger partial charge in [0.25, 0.3) is 0 Å². The summed E-state index contributed by atoms with van der Waals surface area (Å²) < 4.78 is 11.6. The first-order valence-corrected chi connectivity index (χ1v) is 7.33. The monoisotopic (exact) mass is 260 g/mol. The van der Waals surface area contributed by atoms with Crippen LogP contribution in [0.15, 0.2) is 33.1 Å². The van der Waals surface area contributed by atoms with Gasteiger partial charge in [0.1, 0.15) is 23.0 Å². The summed E-state index contributed by atoms with van der Waals surface area (Å²) >= 11 is 0. The van der Waals surface area contributed by atoms with Crippen molar-refractivity contribution in [2.24, 2.45) is 0 Å². The van der Waals surface area contributed by atoms with E-state index in [0.29, 0.717) is 0 Å². The average Bonchev–Trinajstić information content (AvgIpc) is 2.99. The van der Waals surface area contributed by atoms with E-state index in [1.807, 2.05) is 26.0 Å². The zero-order chi connectivity index (χ0) is 13.7. The van der Waals surface area contributed by atoms with Gasteiger partial charge in [0.05, 0.1) is 5.92 Å². The standard InChI is InChI=1S/C17H24O2/c1-4-5-6-7-8-15(16-11-9-13(2)18-16)17-12-10-14(3)19-17/h9-12,15H,4-8H2,1-3H3. The SMILES string of the molecule is CCCCCCC(c1ccc(C)o1)c1ccc(C)o1. The number of hydrogen-bond donors (Lipinski definition) is 0. The van der Waals surface area contributed by atoms with Crippen LogP contribution in [0.25, 0.3) is 0 Å². The Balaban J connectivity index is 2.09. The van der Waals surface area contributed by atoms with E-state index in [9.17, 15) is 0 Å². The van der Waals surface area contributed by atoms with Crippen molar-refractivity contribution in [3.8, 4) is 0 Å². The highest BCUT2D eigenvalue weighted by Crippen LogP contribution is 2.32. The number of aryl methyl sites for hydroxylation is 2. The Morgan fingerprint density at radius 1 is 0.842 bits per heavy atom. The van der Waals surface area contributed by atoms with Gasteiger partial charge in [-0.25, -0.2) is 0 Å².